The Morgan fingerprint density at radius 3 is 2.88 bits per heavy atom. The van der Waals surface area contributed by atoms with Crippen molar-refractivity contribution in [1.82, 2.24) is 15.1 Å². The van der Waals surface area contributed by atoms with E-state index in [1.807, 2.05) is 11.9 Å². The Bertz CT molecular complexity index is 556. The highest BCUT2D eigenvalue weighted by Crippen LogP contribution is 2.24. The van der Waals surface area contributed by atoms with Crippen molar-refractivity contribution >= 4 is 11.8 Å². The molecule has 0 bridgehead atoms. The highest BCUT2D eigenvalue weighted by Gasteiger charge is 2.37. The zero-order valence-electron chi connectivity index (χ0n) is 14.4. The minimum atomic E-state index is -0.343. The summed E-state index contributed by atoms with van der Waals surface area (Å²) in [7, 11) is 1.95. The van der Waals surface area contributed by atoms with Crippen molar-refractivity contribution in [2.24, 2.45) is 5.92 Å². The Kier molecular flexibility index (Phi) is 5.56. The van der Waals surface area contributed by atoms with Gasteiger partial charge in [0, 0.05) is 19.6 Å². The van der Waals surface area contributed by atoms with Crippen LogP contribution in [0.15, 0.2) is 22.8 Å². The second-order valence-corrected chi connectivity index (χ2v) is 6.84. The normalized spacial score (nSPS) is 24.9. The summed E-state index contributed by atoms with van der Waals surface area (Å²) in [5.74, 6) is 0.768. The molecule has 2 atom stereocenters. The highest BCUT2D eigenvalue weighted by atomic mass is 16.3. The van der Waals surface area contributed by atoms with Crippen molar-refractivity contribution in [3.8, 4) is 0 Å². The van der Waals surface area contributed by atoms with E-state index >= 15 is 0 Å². The lowest BCUT2D eigenvalue weighted by Gasteiger charge is -2.40. The van der Waals surface area contributed by atoms with Gasteiger partial charge < -0.3 is 19.5 Å². The highest BCUT2D eigenvalue weighted by molar-refractivity contribution is 5.95. The van der Waals surface area contributed by atoms with Crippen LogP contribution in [0.2, 0.25) is 0 Å². The molecule has 2 aliphatic heterocycles. The fourth-order valence-electron chi connectivity index (χ4n) is 3.90. The van der Waals surface area contributed by atoms with Gasteiger partial charge in [0.05, 0.1) is 6.26 Å². The van der Waals surface area contributed by atoms with E-state index in [0.29, 0.717) is 18.2 Å². The molecule has 2 aliphatic rings. The molecule has 0 saturated carbocycles. The van der Waals surface area contributed by atoms with Crippen molar-refractivity contribution in [1.29, 1.82) is 0 Å². The van der Waals surface area contributed by atoms with Crippen LogP contribution in [0.4, 0.5) is 0 Å². The molecular weight excluding hydrogens is 306 g/mol. The number of amides is 2. The molecular formula is C18H27N3O3. The van der Waals surface area contributed by atoms with Crippen molar-refractivity contribution in [3.05, 3.63) is 24.2 Å². The first-order valence-electron chi connectivity index (χ1n) is 8.98. The van der Waals surface area contributed by atoms with Gasteiger partial charge >= 0.3 is 0 Å². The fraction of sp³-hybridized carbons (Fsp3) is 0.667. The second-order valence-electron chi connectivity index (χ2n) is 6.84. The predicted octanol–water partition coefficient (Wildman–Crippen LogP) is 1.73. The van der Waals surface area contributed by atoms with Crippen LogP contribution >= 0.6 is 0 Å². The molecule has 3 rings (SSSR count). The predicted molar refractivity (Wildman–Crippen MR) is 90.6 cm³/mol. The number of hydrogen-bond acceptors (Lipinski definition) is 4. The lowest BCUT2D eigenvalue weighted by atomic mass is 9.95. The summed E-state index contributed by atoms with van der Waals surface area (Å²) < 4.78 is 5.25. The first-order valence-corrected chi connectivity index (χ1v) is 8.98. The summed E-state index contributed by atoms with van der Waals surface area (Å²) in [6, 6.07) is 3.04. The van der Waals surface area contributed by atoms with Gasteiger partial charge in [0.15, 0.2) is 5.76 Å². The van der Waals surface area contributed by atoms with Crippen molar-refractivity contribution in [3.63, 3.8) is 0 Å². The monoisotopic (exact) mass is 333 g/mol. The molecule has 2 amide bonds. The van der Waals surface area contributed by atoms with Crippen molar-refractivity contribution in [2.45, 2.75) is 38.1 Å². The number of furan rings is 1. The van der Waals surface area contributed by atoms with E-state index in [9.17, 15) is 9.59 Å². The molecule has 2 unspecified atom stereocenters. The summed E-state index contributed by atoms with van der Waals surface area (Å²) in [6.45, 7) is 3.16. The van der Waals surface area contributed by atoms with Crippen molar-refractivity contribution in [2.75, 3.05) is 33.2 Å². The molecule has 24 heavy (non-hydrogen) atoms. The molecule has 2 fully saturated rings. The summed E-state index contributed by atoms with van der Waals surface area (Å²) >= 11 is 0. The van der Waals surface area contributed by atoms with Gasteiger partial charge in [0.25, 0.3) is 5.91 Å². The van der Waals surface area contributed by atoms with Gasteiger partial charge in [-0.25, -0.2) is 0 Å². The maximum absolute atomic E-state index is 13.1. The van der Waals surface area contributed by atoms with E-state index in [0.717, 1.165) is 51.7 Å². The lowest BCUT2D eigenvalue weighted by Crippen LogP contribution is -2.55. The zero-order valence-corrected chi connectivity index (χ0v) is 14.4. The quantitative estimate of drug-likeness (QED) is 0.911. The van der Waals surface area contributed by atoms with Crippen LogP contribution in [-0.4, -0.2) is 60.9 Å². The van der Waals surface area contributed by atoms with Crippen LogP contribution in [-0.2, 0) is 4.79 Å². The van der Waals surface area contributed by atoms with E-state index in [1.165, 1.54) is 6.26 Å². The van der Waals surface area contributed by atoms with Crippen LogP contribution in [0.5, 0.6) is 0 Å². The first kappa shape index (κ1) is 17.0. The third-order valence-corrected chi connectivity index (χ3v) is 5.10. The van der Waals surface area contributed by atoms with Gasteiger partial charge in [0.2, 0.25) is 5.91 Å². The van der Waals surface area contributed by atoms with Gasteiger partial charge in [-0.3, -0.25) is 9.59 Å². The molecule has 6 heteroatoms. The molecule has 6 nitrogen and oxygen atoms in total. The Hall–Kier alpha value is -1.82. The van der Waals surface area contributed by atoms with E-state index in [2.05, 4.69) is 5.32 Å². The number of hydrogen-bond donors (Lipinski definition) is 1. The first-order chi connectivity index (χ1) is 11.7. The van der Waals surface area contributed by atoms with Crippen molar-refractivity contribution < 1.29 is 14.0 Å². The largest absolute Gasteiger partial charge is 0.459 e. The molecule has 0 aliphatic carbocycles. The number of nitrogens with one attached hydrogen (secondary N) is 1. The maximum Gasteiger partial charge on any atom is 0.290 e. The topological polar surface area (TPSA) is 65.8 Å². The van der Waals surface area contributed by atoms with E-state index in [-0.39, 0.29) is 17.9 Å². The van der Waals surface area contributed by atoms with Crippen LogP contribution in [0.25, 0.3) is 0 Å². The number of nitrogens with zero attached hydrogens (tertiary/aromatic N) is 2. The summed E-state index contributed by atoms with van der Waals surface area (Å²) in [4.78, 5) is 29.4. The molecule has 1 aromatic rings. The van der Waals surface area contributed by atoms with Gasteiger partial charge in [-0.15, -0.1) is 0 Å². The number of carbonyl (C=O) groups excluding carboxylic acids is 2. The zero-order chi connectivity index (χ0) is 16.9. The minimum Gasteiger partial charge on any atom is -0.459 e. The Morgan fingerprint density at radius 1 is 1.25 bits per heavy atom. The standard InChI is InChI=1S/C18H27N3O3/c1-19-12-14-6-4-9-20(13-14)17(22)15-7-2-3-10-21(15)18(23)16-8-5-11-24-16/h5,8,11,14-15,19H,2-4,6-7,9-10,12-13H2,1H3. The molecule has 3 heterocycles. The van der Waals surface area contributed by atoms with Gasteiger partial charge in [-0.2, -0.15) is 0 Å². The Labute approximate surface area is 143 Å². The maximum atomic E-state index is 13.1. The molecule has 2 saturated heterocycles. The van der Waals surface area contributed by atoms with E-state index < -0.39 is 0 Å². The van der Waals surface area contributed by atoms with Gasteiger partial charge in [0.1, 0.15) is 6.04 Å². The van der Waals surface area contributed by atoms with Gasteiger partial charge in [-0.05, 0) is 63.7 Å². The van der Waals surface area contributed by atoms with E-state index in [4.69, 9.17) is 4.42 Å². The molecule has 132 valence electrons. The number of carbonyl (C=O) groups is 2. The van der Waals surface area contributed by atoms with Crippen LogP contribution in [0.1, 0.15) is 42.7 Å². The SMILES string of the molecule is CNCC1CCCN(C(=O)C2CCCCN2C(=O)c2ccco2)C1. The van der Waals surface area contributed by atoms with Crippen LogP contribution in [0.3, 0.4) is 0 Å². The molecule has 0 radical (unpaired) electrons. The summed E-state index contributed by atoms with van der Waals surface area (Å²) in [5.41, 5.74) is 0. The average Bonchev–Trinajstić information content (AvgIpc) is 3.16. The minimum absolute atomic E-state index is 0.107. The summed E-state index contributed by atoms with van der Waals surface area (Å²) in [6.07, 6.45) is 6.38. The van der Waals surface area contributed by atoms with Gasteiger partial charge in [-0.1, -0.05) is 0 Å². The average molecular weight is 333 g/mol. The summed E-state index contributed by atoms with van der Waals surface area (Å²) in [5, 5.41) is 3.21. The molecule has 0 aromatic carbocycles. The van der Waals surface area contributed by atoms with Crippen LogP contribution in [0, 0.1) is 5.92 Å². The Morgan fingerprint density at radius 2 is 2.12 bits per heavy atom. The third kappa shape index (κ3) is 3.64. The second kappa shape index (κ2) is 7.83. The van der Waals surface area contributed by atoms with E-state index in [1.54, 1.807) is 17.0 Å². The number of piperidine rings is 2. The molecule has 1 N–H and O–H groups in total. The number of likely N-dealkylation sites (tertiary alicyclic amines) is 2. The third-order valence-electron chi connectivity index (χ3n) is 5.10. The molecule has 1 aromatic heterocycles. The Balaban J connectivity index is 1.70. The lowest BCUT2D eigenvalue weighted by molar-refractivity contribution is -0.139. The number of rotatable bonds is 4. The molecule has 0 spiro atoms. The van der Waals surface area contributed by atoms with Crippen LogP contribution < -0.4 is 5.32 Å². The smallest absolute Gasteiger partial charge is 0.290 e. The fourth-order valence-corrected chi connectivity index (χ4v) is 3.90.